The van der Waals surface area contributed by atoms with Crippen LogP contribution in [0.4, 0.5) is 5.82 Å². The van der Waals surface area contributed by atoms with Crippen molar-refractivity contribution in [2.75, 3.05) is 12.4 Å². The van der Waals surface area contributed by atoms with E-state index in [0.717, 1.165) is 16.9 Å². The van der Waals surface area contributed by atoms with E-state index in [4.69, 9.17) is 10.7 Å². The van der Waals surface area contributed by atoms with Crippen LogP contribution in [0.25, 0.3) is 0 Å². The summed E-state index contributed by atoms with van der Waals surface area (Å²) < 4.78 is 1.68. The van der Waals surface area contributed by atoms with Crippen LogP contribution >= 0.6 is 0 Å². The van der Waals surface area contributed by atoms with E-state index in [0.29, 0.717) is 18.7 Å². The third-order valence-electron chi connectivity index (χ3n) is 2.64. The average Bonchev–Trinajstić information content (AvgIpc) is 3.04. The van der Waals surface area contributed by atoms with E-state index in [1.54, 1.807) is 30.3 Å². The van der Waals surface area contributed by atoms with Gasteiger partial charge >= 0.3 is 0 Å². The summed E-state index contributed by atoms with van der Waals surface area (Å²) in [5.41, 5.74) is 1.95. The van der Waals surface area contributed by atoms with Crippen molar-refractivity contribution in [3.8, 4) is 6.07 Å². The second-order valence-corrected chi connectivity index (χ2v) is 3.79. The lowest BCUT2D eigenvalue weighted by Crippen LogP contribution is -2.03. The van der Waals surface area contributed by atoms with Crippen molar-refractivity contribution in [3.05, 3.63) is 35.8 Å². The molecule has 0 bridgehead atoms. The van der Waals surface area contributed by atoms with Gasteiger partial charge in [-0.3, -0.25) is 10.1 Å². The normalized spacial score (nSPS) is 10.0. The number of aryl methyl sites for hydroxylation is 1. The van der Waals surface area contributed by atoms with Crippen LogP contribution in [0.5, 0.6) is 0 Å². The van der Waals surface area contributed by atoms with Gasteiger partial charge in [-0.1, -0.05) is 0 Å². The number of hydrogen-bond donors (Lipinski definition) is 3. The fourth-order valence-electron chi connectivity index (χ4n) is 1.72. The van der Waals surface area contributed by atoms with Crippen LogP contribution in [0.2, 0.25) is 0 Å². The summed E-state index contributed by atoms with van der Waals surface area (Å²) in [6.45, 7) is 0.551. The number of nitrogens with one attached hydrogen (secondary N) is 3. The highest BCUT2D eigenvalue weighted by Gasteiger charge is 2.12. The average molecular weight is 242 g/mol. The van der Waals surface area contributed by atoms with Gasteiger partial charge in [-0.2, -0.15) is 10.4 Å². The Labute approximate surface area is 105 Å². The van der Waals surface area contributed by atoms with Crippen LogP contribution in [0.1, 0.15) is 17.5 Å². The van der Waals surface area contributed by atoms with Gasteiger partial charge in [-0.15, -0.1) is 0 Å². The molecule has 2 rings (SSSR count). The molecule has 0 aliphatic rings. The molecule has 0 unspecified atom stereocenters. The molecule has 0 atom stereocenters. The maximum absolute atomic E-state index is 8.52. The van der Waals surface area contributed by atoms with Gasteiger partial charge in [0.25, 0.3) is 0 Å². The molecule has 0 fully saturated rings. The number of rotatable bonds is 5. The van der Waals surface area contributed by atoms with Crippen molar-refractivity contribution in [3.63, 3.8) is 0 Å². The summed E-state index contributed by atoms with van der Waals surface area (Å²) in [7, 11) is 1.80. The molecule has 3 N–H and O–H groups in total. The molecule has 0 amide bonds. The highest BCUT2D eigenvalue weighted by Crippen LogP contribution is 2.16. The molecule has 0 saturated heterocycles. The maximum Gasteiger partial charge on any atom is 0.112 e. The number of aromatic amines is 1. The van der Waals surface area contributed by atoms with Crippen molar-refractivity contribution in [1.29, 1.82) is 10.7 Å². The van der Waals surface area contributed by atoms with Gasteiger partial charge < -0.3 is 10.3 Å². The van der Waals surface area contributed by atoms with Crippen LogP contribution in [-0.4, -0.2) is 27.5 Å². The van der Waals surface area contributed by atoms with Gasteiger partial charge in [0.15, 0.2) is 0 Å². The fourth-order valence-corrected chi connectivity index (χ4v) is 1.72. The zero-order chi connectivity index (χ0) is 13.0. The maximum atomic E-state index is 8.52. The topological polar surface area (TPSA) is 93.3 Å². The molecule has 18 heavy (non-hydrogen) atoms. The Bertz CT molecular complexity index is 586. The first-order valence-electron chi connectivity index (χ1n) is 5.60. The largest absolute Gasteiger partial charge is 0.374 e. The van der Waals surface area contributed by atoms with Gasteiger partial charge in [0.2, 0.25) is 0 Å². The van der Waals surface area contributed by atoms with Crippen LogP contribution in [0.3, 0.4) is 0 Å². The monoisotopic (exact) mass is 242 g/mol. The summed E-state index contributed by atoms with van der Waals surface area (Å²) in [6.07, 6.45) is 5.63. The molecule has 2 aromatic rings. The summed E-state index contributed by atoms with van der Waals surface area (Å²) in [4.78, 5) is 3.02. The van der Waals surface area contributed by atoms with Crippen LogP contribution < -0.4 is 5.32 Å². The molecular formula is C12H14N6. The predicted octanol–water partition coefficient (Wildman–Crippen LogP) is 1.58. The lowest BCUT2D eigenvalue weighted by Gasteiger charge is -2.02. The molecule has 0 aliphatic heterocycles. The Morgan fingerprint density at radius 2 is 2.50 bits per heavy atom. The number of nitrogens with zero attached hydrogens (tertiary/aromatic N) is 3. The smallest absolute Gasteiger partial charge is 0.112 e. The predicted molar refractivity (Wildman–Crippen MR) is 68.7 cm³/mol. The molecule has 2 aromatic heterocycles. The van der Waals surface area contributed by atoms with E-state index in [1.807, 2.05) is 6.07 Å². The number of H-pyrrole nitrogens is 1. The minimum absolute atomic E-state index is 0.406. The molecule has 2 heterocycles. The van der Waals surface area contributed by atoms with E-state index < -0.39 is 0 Å². The number of nitriles is 1. The summed E-state index contributed by atoms with van der Waals surface area (Å²) in [5, 5.41) is 23.8. The number of aromatic nitrogens is 3. The fraction of sp³-hybridized carbons (Fsp3) is 0.250. The zero-order valence-corrected chi connectivity index (χ0v) is 10.1. The quantitative estimate of drug-likeness (QED) is 0.695. The van der Waals surface area contributed by atoms with Crippen LogP contribution in [-0.2, 0) is 6.54 Å². The van der Waals surface area contributed by atoms with Gasteiger partial charge in [0.05, 0.1) is 30.9 Å². The highest BCUT2D eigenvalue weighted by atomic mass is 15.3. The van der Waals surface area contributed by atoms with Crippen molar-refractivity contribution < 1.29 is 0 Å². The second kappa shape index (κ2) is 5.19. The lowest BCUT2D eigenvalue weighted by molar-refractivity contribution is 0.627. The van der Waals surface area contributed by atoms with Crippen LogP contribution in [0.15, 0.2) is 24.7 Å². The van der Waals surface area contributed by atoms with Gasteiger partial charge in [-0.25, -0.2) is 0 Å². The van der Waals surface area contributed by atoms with E-state index in [9.17, 15) is 0 Å². The number of hydrogen-bond acceptors (Lipinski definition) is 4. The minimum atomic E-state index is 0.406. The molecule has 0 spiro atoms. The summed E-state index contributed by atoms with van der Waals surface area (Å²) in [6, 6.07) is 3.92. The van der Waals surface area contributed by atoms with Crippen molar-refractivity contribution in [2.45, 2.75) is 13.0 Å². The van der Waals surface area contributed by atoms with Crippen LogP contribution in [0, 0.1) is 16.7 Å². The number of anilines is 1. The molecule has 0 aromatic carbocycles. The van der Waals surface area contributed by atoms with Gasteiger partial charge in [-0.05, 0) is 6.07 Å². The summed E-state index contributed by atoms with van der Waals surface area (Å²) in [5.74, 6) is 0.810. The van der Waals surface area contributed by atoms with Gasteiger partial charge in [0, 0.05) is 30.6 Å². The highest BCUT2D eigenvalue weighted by molar-refractivity contribution is 6.13. The zero-order valence-electron chi connectivity index (χ0n) is 10.1. The Morgan fingerprint density at radius 3 is 3.22 bits per heavy atom. The molecule has 6 nitrogen and oxygen atoms in total. The molecule has 0 aliphatic carbocycles. The molecule has 6 heteroatoms. The van der Waals surface area contributed by atoms with Crippen molar-refractivity contribution in [2.24, 2.45) is 0 Å². The molecule has 0 radical (unpaired) electrons. The first-order chi connectivity index (χ1) is 8.76. The third-order valence-corrected chi connectivity index (χ3v) is 2.64. The third kappa shape index (κ3) is 2.25. The van der Waals surface area contributed by atoms with E-state index in [-0.39, 0.29) is 0 Å². The van der Waals surface area contributed by atoms with Gasteiger partial charge in [0.1, 0.15) is 5.82 Å². The molecule has 0 saturated carbocycles. The lowest BCUT2D eigenvalue weighted by atomic mass is 10.1. The van der Waals surface area contributed by atoms with E-state index >= 15 is 0 Å². The standard InChI is InChI=1S/C12H14N6/c1-15-12-10(3-5-16-12)11(14)9-7-17-18(8-9)6-2-4-13/h3,5,7-8,14-16H,2,6H2,1H3. The molecular weight excluding hydrogens is 228 g/mol. The SMILES string of the molecule is CNc1[nH]ccc1C(=N)c1cnn(CCC#N)c1. The Morgan fingerprint density at radius 1 is 1.67 bits per heavy atom. The van der Waals surface area contributed by atoms with E-state index in [2.05, 4.69) is 21.5 Å². The summed E-state index contributed by atoms with van der Waals surface area (Å²) >= 11 is 0. The van der Waals surface area contributed by atoms with Crippen molar-refractivity contribution in [1.82, 2.24) is 14.8 Å². The Hall–Kier alpha value is -2.55. The Balaban J connectivity index is 2.19. The Kier molecular flexibility index (Phi) is 3.44. The minimum Gasteiger partial charge on any atom is -0.374 e. The second-order valence-electron chi connectivity index (χ2n) is 3.79. The molecule has 92 valence electrons. The first-order valence-corrected chi connectivity index (χ1v) is 5.60. The first kappa shape index (κ1) is 11.9. The van der Waals surface area contributed by atoms with E-state index in [1.165, 1.54) is 0 Å². The van der Waals surface area contributed by atoms with Crippen molar-refractivity contribution >= 4 is 11.5 Å².